The van der Waals surface area contributed by atoms with Crippen LogP contribution in [0.25, 0.3) is 0 Å². The summed E-state index contributed by atoms with van der Waals surface area (Å²) in [6.07, 6.45) is 6.37. The monoisotopic (exact) mass is 331 g/mol. The first-order chi connectivity index (χ1) is 10.9. The predicted molar refractivity (Wildman–Crippen MR) is 86.2 cm³/mol. The van der Waals surface area contributed by atoms with Gasteiger partial charge in [0.25, 0.3) is 5.91 Å². The van der Waals surface area contributed by atoms with Crippen molar-refractivity contribution < 1.29 is 13.2 Å². The summed E-state index contributed by atoms with van der Waals surface area (Å²) in [5, 5.41) is 2.76. The minimum atomic E-state index is -3.25. The number of benzene rings is 1. The Morgan fingerprint density at radius 3 is 2.48 bits per heavy atom. The number of hydrogen-bond acceptors (Lipinski definition) is 5. The lowest BCUT2D eigenvalue weighted by Crippen LogP contribution is -2.20. The van der Waals surface area contributed by atoms with Gasteiger partial charge in [-0.15, -0.1) is 0 Å². The number of carbonyl (C=O) groups is 1. The fourth-order valence-electron chi connectivity index (χ4n) is 2.69. The van der Waals surface area contributed by atoms with Crippen molar-refractivity contribution in [1.29, 1.82) is 0 Å². The van der Waals surface area contributed by atoms with Crippen molar-refractivity contribution in [2.75, 3.05) is 11.6 Å². The molecule has 23 heavy (non-hydrogen) atoms. The molecule has 2 aromatic rings. The second-order valence-electron chi connectivity index (χ2n) is 5.61. The highest BCUT2D eigenvalue weighted by molar-refractivity contribution is 7.90. The molecule has 1 heterocycles. The zero-order valence-corrected chi connectivity index (χ0v) is 13.6. The van der Waals surface area contributed by atoms with Crippen molar-refractivity contribution in [2.24, 2.45) is 0 Å². The van der Waals surface area contributed by atoms with Crippen LogP contribution < -0.4 is 5.32 Å². The smallest absolute Gasteiger partial charge is 0.274 e. The van der Waals surface area contributed by atoms with Crippen LogP contribution in [0.4, 0.5) is 5.69 Å². The number of rotatable bonds is 3. The van der Waals surface area contributed by atoms with E-state index in [0.717, 1.165) is 43.2 Å². The second kappa shape index (κ2) is 6.08. The molecule has 0 unspecified atom stereocenters. The van der Waals surface area contributed by atoms with Crippen molar-refractivity contribution in [1.82, 2.24) is 9.97 Å². The lowest BCUT2D eigenvalue weighted by Gasteiger charge is -2.16. The highest BCUT2D eigenvalue weighted by atomic mass is 32.2. The number of aromatic nitrogens is 2. The van der Waals surface area contributed by atoms with E-state index in [-0.39, 0.29) is 10.8 Å². The van der Waals surface area contributed by atoms with Gasteiger partial charge in [0.15, 0.2) is 9.84 Å². The maximum Gasteiger partial charge on any atom is 0.274 e. The molecule has 1 aromatic carbocycles. The Morgan fingerprint density at radius 2 is 1.78 bits per heavy atom. The average molecular weight is 331 g/mol. The molecule has 1 aromatic heterocycles. The van der Waals surface area contributed by atoms with Gasteiger partial charge in [0, 0.05) is 23.2 Å². The molecule has 120 valence electrons. The highest BCUT2D eigenvalue weighted by Crippen LogP contribution is 2.22. The zero-order valence-electron chi connectivity index (χ0n) is 12.7. The van der Waals surface area contributed by atoms with Gasteiger partial charge >= 0.3 is 0 Å². The van der Waals surface area contributed by atoms with E-state index < -0.39 is 9.84 Å². The summed E-state index contributed by atoms with van der Waals surface area (Å²) in [5.41, 5.74) is 2.81. The Labute approximate surface area is 134 Å². The number of amides is 1. The van der Waals surface area contributed by atoms with Gasteiger partial charge in [-0.05, 0) is 49.9 Å². The molecule has 0 spiro atoms. The molecule has 1 aliphatic carbocycles. The van der Waals surface area contributed by atoms with Crippen LogP contribution in [-0.4, -0.2) is 30.5 Å². The van der Waals surface area contributed by atoms with Gasteiger partial charge in [-0.25, -0.2) is 18.4 Å². The van der Waals surface area contributed by atoms with Gasteiger partial charge in [-0.3, -0.25) is 4.79 Å². The molecule has 1 amide bonds. The van der Waals surface area contributed by atoms with Crippen molar-refractivity contribution in [2.45, 2.75) is 30.6 Å². The summed E-state index contributed by atoms with van der Waals surface area (Å²) in [6.45, 7) is 0. The summed E-state index contributed by atoms with van der Waals surface area (Å²) in [6, 6.07) is 6.09. The van der Waals surface area contributed by atoms with E-state index in [1.54, 1.807) is 12.1 Å². The average Bonchev–Trinajstić information content (AvgIpc) is 2.54. The molecular formula is C16H17N3O3S. The molecule has 0 aliphatic heterocycles. The van der Waals surface area contributed by atoms with Crippen LogP contribution >= 0.6 is 0 Å². The number of aryl methyl sites for hydroxylation is 1. The van der Waals surface area contributed by atoms with Crippen molar-refractivity contribution in [3.05, 3.63) is 47.5 Å². The fourth-order valence-corrected chi connectivity index (χ4v) is 3.32. The van der Waals surface area contributed by atoms with E-state index in [1.165, 1.54) is 18.5 Å². The van der Waals surface area contributed by atoms with E-state index in [2.05, 4.69) is 15.3 Å². The summed E-state index contributed by atoms with van der Waals surface area (Å²) in [5.74, 6) is -0.294. The van der Waals surface area contributed by atoms with Crippen molar-refractivity contribution >= 4 is 21.4 Å². The number of hydrogen-bond donors (Lipinski definition) is 1. The number of nitrogens with one attached hydrogen (secondary N) is 1. The van der Waals surface area contributed by atoms with Crippen molar-refractivity contribution in [3.8, 4) is 0 Å². The van der Waals surface area contributed by atoms with Crippen LogP contribution in [0.1, 0.15) is 34.6 Å². The van der Waals surface area contributed by atoms with E-state index in [1.807, 2.05) is 0 Å². The molecule has 3 rings (SSSR count). The number of sulfone groups is 1. The molecule has 0 radical (unpaired) electrons. The third-order valence-corrected chi connectivity index (χ3v) is 5.01. The summed E-state index contributed by atoms with van der Waals surface area (Å²) in [7, 11) is -3.25. The topological polar surface area (TPSA) is 89.0 Å². The van der Waals surface area contributed by atoms with Gasteiger partial charge in [0.1, 0.15) is 12.0 Å². The normalized spacial score (nSPS) is 14.1. The SMILES string of the molecule is CS(=O)(=O)c1ccc(NC(=O)c2ncnc3c2CCCC3)cc1. The summed E-state index contributed by atoms with van der Waals surface area (Å²) in [4.78, 5) is 21.0. The second-order valence-corrected chi connectivity index (χ2v) is 7.62. The Bertz CT molecular complexity index is 845. The molecule has 6 nitrogen and oxygen atoms in total. The molecule has 1 aliphatic rings. The first-order valence-electron chi connectivity index (χ1n) is 7.39. The molecule has 7 heteroatoms. The molecule has 0 saturated carbocycles. The first-order valence-corrected chi connectivity index (χ1v) is 9.28. The highest BCUT2D eigenvalue weighted by Gasteiger charge is 2.20. The Kier molecular flexibility index (Phi) is 4.12. The minimum Gasteiger partial charge on any atom is -0.321 e. The quantitative estimate of drug-likeness (QED) is 0.929. The molecule has 0 fully saturated rings. The lowest BCUT2D eigenvalue weighted by molar-refractivity contribution is 0.102. The van der Waals surface area contributed by atoms with Crippen LogP contribution in [0.15, 0.2) is 35.5 Å². The lowest BCUT2D eigenvalue weighted by atomic mass is 9.94. The van der Waals surface area contributed by atoms with Crippen LogP contribution in [0, 0.1) is 0 Å². The first kappa shape index (κ1) is 15.6. The van der Waals surface area contributed by atoms with E-state index in [9.17, 15) is 13.2 Å². The van der Waals surface area contributed by atoms with Crippen molar-refractivity contribution in [3.63, 3.8) is 0 Å². The van der Waals surface area contributed by atoms with Gasteiger partial charge in [0.05, 0.1) is 4.90 Å². The summed E-state index contributed by atoms with van der Waals surface area (Å²) < 4.78 is 22.9. The number of anilines is 1. The Hall–Kier alpha value is -2.28. The third kappa shape index (κ3) is 3.39. The Balaban J connectivity index is 1.82. The van der Waals surface area contributed by atoms with Gasteiger partial charge in [-0.2, -0.15) is 0 Å². The van der Waals surface area contributed by atoms with Crippen LogP contribution in [0.3, 0.4) is 0 Å². The maximum atomic E-state index is 12.4. The standard InChI is InChI=1S/C16H17N3O3S/c1-23(21,22)12-8-6-11(7-9-12)19-16(20)15-13-4-2-3-5-14(13)17-10-18-15/h6-10H,2-5H2,1H3,(H,19,20). The largest absolute Gasteiger partial charge is 0.321 e. The maximum absolute atomic E-state index is 12.4. The number of nitrogens with zero attached hydrogens (tertiary/aromatic N) is 2. The van der Waals surface area contributed by atoms with E-state index in [4.69, 9.17) is 0 Å². The van der Waals surface area contributed by atoms with Crippen LogP contribution in [-0.2, 0) is 22.7 Å². The number of fused-ring (bicyclic) bond motifs is 1. The van der Waals surface area contributed by atoms with Crippen LogP contribution in [0.2, 0.25) is 0 Å². The molecule has 0 bridgehead atoms. The molecule has 0 atom stereocenters. The van der Waals surface area contributed by atoms with E-state index >= 15 is 0 Å². The van der Waals surface area contributed by atoms with E-state index in [0.29, 0.717) is 11.4 Å². The van der Waals surface area contributed by atoms with Crippen LogP contribution in [0.5, 0.6) is 0 Å². The summed E-state index contributed by atoms with van der Waals surface area (Å²) >= 11 is 0. The third-order valence-electron chi connectivity index (χ3n) is 3.88. The molecule has 1 N–H and O–H groups in total. The predicted octanol–water partition coefficient (Wildman–Crippen LogP) is 2.01. The molecular weight excluding hydrogens is 314 g/mol. The van der Waals surface area contributed by atoms with Gasteiger partial charge in [-0.1, -0.05) is 0 Å². The number of carbonyl (C=O) groups excluding carboxylic acids is 1. The fraction of sp³-hybridized carbons (Fsp3) is 0.312. The molecule has 0 saturated heterocycles. The Morgan fingerprint density at radius 1 is 1.09 bits per heavy atom. The zero-order chi connectivity index (χ0) is 16.4. The van der Waals surface area contributed by atoms with Gasteiger partial charge < -0.3 is 5.32 Å². The minimum absolute atomic E-state index is 0.218. The van der Waals surface area contributed by atoms with Gasteiger partial charge in [0.2, 0.25) is 0 Å².